The Hall–Kier alpha value is -2.10. The fraction of sp³-hybridized carbons (Fsp3) is 0.350. The van der Waals surface area contributed by atoms with Crippen LogP contribution in [0.5, 0.6) is 0 Å². The van der Waals surface area contributed by atoms with Crippen molar-refractivity contribution in [2.24, 2.45) is 5.92 Å². The molecule has 0 saturated carbocycles. The number of nitrogens with zero attached hydrogens (tertiary/aromatic N) is 1. The summed E-state index contributed by atoms with van der Waals surface area (Å²) in [5.74, 6) is -1.23. The van der Waals surface area contributed by atoms with Crippen LogP contribution in [0.3, 0.4) is 0 Å². The topological polar surface area (TPSA) is 66.5 Å². The smallest absolute Gasteiger partial charge is 0.326 e. The molecular formula is C20H20ClF3N2O3S. The maximum Gasteiger partial charge on any atom is 0.416 e. The van der Waals surface area contributed by atoms with Crippen molar-refractivity contribution in [3.63, 3.8) is 0 Å². The van der Waals surface area contributed by atoms with E-state index in [-0.39, 0.29) is 18.0 Å². The van der Waals surface area contributed by atoms with E-state index in [1.54, 1.807) is 24.3 Å². The van der Waals surface area contributed by atoms with E-state index in [1.807, 2.05) is 0 Å². The van der Waals surface area contributed by atoms with Gasteiger partial charge in [-0.05, 0) is 54.8 Å². The standard InChI is InChI=1S/C20H20ClF3N2O3S/c21-17-5-1-3-14(11-17)13-30(28,29)26-10-2-4-15(12-26)19(27)25-18-8-6-16(7-9-18)20(22,23)24/h1,3,5-9,11,15H,2,4,10,12-13H2,(H,25,27)/t15-/m1/s1. The van der Waals surface area contributed by atoms with Crippen LogP contribution >= 0.6 is 11.6 Å². The van der Waals surface area contributed by atoms with E-state index in [0.29, 0.717) is 30.0 Å². The molecule has 162 valence electrons. The molecule has 1 amide bonds. The van der Waals surface area contributed by atoms with Gasteiger partial charge in [-0.3, -0.25) is 4.79 Å². The SMILES string of the molecule is O=C(Nc1ccc(C(F)(F)F)cc1)[C@@H]1CCCN(S(=O)(=O)Cc2cccc(Cl)c2)C1. The summed E-state index contributed by atoms with van der Waals surface area (Å²) in [7, 11) is -3.64. The Morgan fingerprint density at radius 2 is 1.87 bits per heavy atom. The van der Waals surface area contributed by atoms with Crippen LogP contribution in [0, 0.1) is 5.92 Å². The number of sulfonamides is 1. The second-order valence-corrected chi connectivity index (χ2v) is 9.55. The maximum atomic E-state index is 12.8. The van der Waals surface area contributed by atoms with Gasteiger partial charge in [0.15, 0.2) is 0 Å². The summed E-state index contributed by atoms with van der Waals surface area (Å²) in [6.07, 6.45) is -3.45. The summed E-state index contributed by atoms with van der Waals surface area (Å²) >= 11 is 5.91. The van der Waals surface area contributed by atoms with Crippen molar-refractivity contribution in [1.82, 2.24) is 4.31 Å². The van der Waals surface area contributed by atoms with Gasteiger partial charge in [0.25, 0.3) is 0 Å². The number of alkyl halides is 3. The second kappa shape index (κ2) is 8.95. The molecule has 1 heterocycles. The predicted octanol–water partition coefficient (Wildman–Crippen LogP) is 4.54. The minimum atomic E-state index is -4.45. The van der Waals surface area contributed by atoms with Crippen molar-refractivity contribution < 1.29 is 26.4 Å². The lowest BCUT2D eigenvalue weighted by Gasteiger charge is -2.31. The molecule has 5 nitrogen and oxygen atoms in total. The van der Waals surface area contributed by atoms with Gasteiger partial charge in [-0.2, -0.15) is 13.2 Å². The molecule has 1 fully saturated rings. The molecule has 0 aromatic heterocycles. The monoisotopic (exact) mass is 460 g/mol. The number of carbonyl (C=O) groups excluding carboxylic acids is 1. The van der Waals surface area contributed by atoms with Crippen molar-refractivity contribution in [2.75, 3.05) is 18.4 Å². The van der Waals surface area contributed by atoms with Crippen molar-refractivity contribution in [3.8, 4) is 0 Å². The lowest BCUT2D eigenvalue weighted by atomic mass is 9.98. The van der Waals surface area contributed by atoms with Crippen LogP contribution in [0.4, 0.5) is 18.9 Å². The van der Waals surface area contributed by atoms with Gasteiger partial charge in [0, 0.05) is 23.8 Å². The quantitative estimate of drug-likeness (QED) is 0.712. The Morgan fingerprint density at radius 1 is 1.17 bits per heavy atom. The Bertz CT molecular complexity index is 1010. The molecule has 1 aliphatic heterocycles. The van der Waals surface area contributed by atoms with Gasteiger partial charge in [-0.25, -0.2) is 12.7 Å². The first-order valence-corrected chi connectivity index (χ1v) is 11.2. The Morgan fingerprint density at radius 3 is 2.50 bits per heavy atom. The number of piperidine rings is 1. The van der Waals surface area contributed by atoms with Crippen molar-refractivity contribution in [1.29, 1.82) is 0 Å². The minimum Gasteiger partial charge on any atom is -0.326 e. The molecule has 30 heavy (non-hydrogen) atoms. The lowest BCUT2D eigenvalue weighted by Crippen LogP contribution is -2.44. The van der Waals surface area contributed by atoms with E-state index >= 15 is 0 Å². The summed E-state index contributed by atoms with van der Waals surface area (Å²) in [5, 5.41) is 3.01. The summed E-state index contributed by atoms with van der Waals surface area (Å²) in [4.78, 5) is 12.6. The Kier molecular flexibility index (Phi) is 6.74. The van der Waals surface area contributed by atoms with Crippen LogP contribution in [0.25, 0.3) is 0 Å². The highest BCUT2D eigenvalue weighted by Gasteiger charge is 2.33. The van der Waals surface area contributed by atoms with E-state index in [0.717, 1.165) is 12.1 Å². The van der Waals surface area contributed by atoms with Crippen molar-refractivity contribution in [3.05, 3.63) is 64.7 Å². The van der Waals surface area contributed by atoms with E-state index < -0.39 is 33.6 Å². The number of hydrogen-bond acceptors (Lipinski definition) is 3. The fourth-order valence-corrected chi connectivity index (χ4v) is 5.14. The number of anilines is 1. The molecule has 1 aliphatic rings. The third-order valence-electron chi connectivity index (χ3n) is 4.87. The maximum absolute atomic E-state index is 12.8. The van der Waals surface area contributed by atoms with Gasteiger partial charge in [-0.1, -0.05) is 23.7 Å². The zero-order valence-electron chi connectivity index (χ0n) is 15.8. The molecule has 0 spiro atoms. The van der Waals surface area contributed by atoms with Crippen LogP contribution in [0.15, 0.2) is 48.5 Å². The third-order valence-corrected chi connectivity index (χ3v) is 6.92. The van der Waals surface area contributed by atoms with E-state index in [1.165, 1.54) is 16.4 Å². The number of amides is 1. The first kappa shape index (κ1) is 22.6. The highest BCUT2D eigenvalue weighted by molar-refractivity contribution is 7.88. The Balaban J connectivity index is 1.64. The molecule has 1 atom stereocenters. The van der Waals surface area contributed by atoms with Gasteiger partial charge in [-0.15, -0.1) is 0 Å². The molecule has 3 rings (SSSR count). The number of hydrogen-bond donors (Lipinski definition) is 1. The summed E-state index contributed by atoms with van der Waals surface area (Å²) < 4.78 is 64.8. The summed E-state index contributed by atoms with van der Waals surface area (Å²) in [6.45, 7) is 0.336. The second-order valence-electron chi connectivity index (χ2n) is 7.15. The summed E-state index contributed by atoms with van der Waals surface area (Å²) in [6, 6.07) is 10.7. The molecule has 0 radical (unpaired) electrons. The van der Waals surface area contributed by atoms with E-state index in [2.05, 4.69) is 5.32 Å². The number of benzene rings is 2. The predicted molar refractivity (Wildman–Crippen MR) is 108 cm³/mol. The van der Waals surface area contributed by atoms with Crippen LogP contribution in [-0.4, -0.2) is 31.7 Å². The van der Waals surface area contributed by atoms with Gasteiger partial charge in [0.05, 0.1) is 17.2 Å². The summed E-state index contributed by atoms with van der Waals surface area (Å²) in [5.41, 5.74) is -0.0258. The van der Waals surface area contributed by atoms with Gasteiger partial charge < -0.3 is 5.32 Å². The van der Waals surface area contributed by atoms with Crippen molar-refractivity contribution >= 4 is 33.2 Å². The zero-order valence-corrected chi connectivity index (χ0v) is 17.4. The molecule has 1 N–H and O–H groups in total. The van der Waals surface area contributed by atoms with E-state index in [9.17, 15) is 26.4 Å². The van der Waals surface area contributed by atoms with E-state index in [4.69, 9.17) is 11.6 Å². The lowest BCUT2D eigenvalue weighted by molar-refractivity contribution is -0.137. The van der Waals surface area contributed by atoms with Crippen LogP contribution in [0.1, 0.15) is 24.0 Å². The largest absolute Gasteiger partial charge is 0.416 e. The zero-order chi connectivity index (χ0) is 21.9. The average molecular weight is 461 g/mol. The highest BCUT2D eigenvalue weighted by Crippen LogP contribution is 2.30. The highest BCUT2D eigenvalue weighted by atomic mass is 35.5. The van der Waals surface area contributed by atoms with Crippen LogP contribution < -0.4 is 5.32 Å². The number of rotatable bonds is 5. The third kappa shape index (κ3) is 5.74. The molecule has 2 aromatic carbocycles. The van der Waals surface area contributed by atoms with Crippen LogP contribution in [-0.2, 0) is 26.7 Å². The van der Waals surface area contributed by atoms with Crippen molar-refractivity contribution in [2.45, 2.75) is 24.8 Å². The van der Waals surface area contributed by atoms with Gasteiger partial charge >= 0.3 is 6.18 Å². The minimum absolute atomic E-state index is 0.0232. The molecule has 10 heteroatoms. The molecule has 0 unspecified atom stereocenters. The number of nitrogens with one attached hydrogen (secondary N) is 1. The average Bonchev–Trinajstić information content (AvgIpc) is 2.67. The fourth-order valence-electron chi connectivity index (χ4n) is 3.32. The Labute approximate surface area is 177 Å². The van der Waals surface area contributed by atoms with Crippen LogP contribution in [0.2, 0.25) is 5.02 Å². The number of carbonyl (C=O) groups is 1. The first-order valence-electron chi connectivity index (χ1n) is 9.25. The van der Waals surface area contributed by atoms with Gasteiger partial charge in [0.1, 0.15) is 0 Å². The molecule has 0 aliphatic carbocycles. The molecule has 2 aromatic rings. The van der Waals surface area contributed by atoms with Gasteiger partial charge in [0.2, 0.25) is 15.9 Å². The normalized spacial score (nSPS) is 18.2. The first-order chi connectivity index (χ1) is 14.0. The molecule has 0 bridgehead atoms. The number of halogens is 4. The molecular weight excluding hydrogens is 441 g/mol. The molecule has 1 saturated heterocycles.